The van der Waals surface area contributed by atoms with E-state index in [1.54, 1.807) is 12.4 Å². The lowest BCUT2D eigenvalue weighted by molar-refractivity contribution is 0.103. The maximum atomic E-state index is 12.6. The van der Waals surface area contributed by atoms with Crippen LogP contribution in [0.25, 0.3) is 21.5 Å². The van der Waals surface area contributed by atoms with Gasteiger partial charge in [0.05, 0.1) is 18.6 Å². The SMILES string of the molecule is CF.Nc1c(C(=O)Nc2ccc(C(F)F)cc2)sc2nc(-c3cccnc3)ccc12. The van der Waals surface area contributed by atoms with Gasteiger partial charge in [-0.15, -0.1) is 11.3 Å². The lowest BCUT2D eigenvalue weighted by Crippen LogP contribution is -2.11. The highest BCUT2D eigenvalue weighted by atomic mass is 32.1. The first-order valence-electron chi connectivity index (χ1n) is 8.69. The molecule has 3 aromatic heterocycles. The van der Waals surface area contributed by atoms with Gasteiger partial charge in [-0.2, -0.15) is 0 Å². The number of carbonyl (C=O) groups excluding carboxylic acids is 1. The third kappa shape index (κ3) is 4.41. The van der Waals surface area contributed by atoms with Crippen LogP contribution in [0.4, 0.5) is 24.5 Å². The summed E-state index contributed by atoms with van der Waals surface area (Å²) in [6.45, 7) is 0. The van der Waals surface area contributed by atoms with Crippen molar-refractivity contribution in [3.63, 3.8) is 0 Å². The zero-order chi connectivity index (χ0) is 21.7. The fraction of sp³-hybridized carbons (Fsp3) is 0.0952. The fourth-order valence-electron chi connectivity index (χ4n) is 2.74. The number of carbonyl (C=O) groups is 1. The number of hydrogen-bond acceptors (Lipinski definition) is 5. The van der Waals surface area contributed by atoms with Crippen LogP contribution in [0.15, 0.2) is 60.9 Å². The Hall–Kier alpha value is -3.46. The molecule has 0 spiro atoms. The van der Waals surface area contributed by atoms with Crippen molar-refractivity contribution in [2.75, 3.05) is 18.2 Å². The third-order valence-corrected chi connectivity index (χ3v) is 5.29. The highest BCUT2D eigenvalue weighted by Crippen LogP contribution is 2.34. The van der Waals surface area contributed by atoms with Gasteiger partial charge in [0.2, 0.25) is 0 Å². The standard InChI is InChI=1S/C20H14F2N4OS.CH3F/c21-18(22)11-3-5-13(6-4-11)25-19(27)17-16(23)14-7-8-15(26-20(14)28-17)12-2-1-9-24-10-12;1-2/h1-10,18H,23H2,(H,25,27);1H3. The van der Waals surface area contributed by atoms with E-state index >= 15 is 0 Å². The number of halogens is 3. The molecule has 0 radical (unpaired) electrons. The number of nitrogens with one attached hydrogen (secondary N) is 1. The average Bonchev–Trinajstić information content (AvgIpc) is 3.12. The first-order valence-corrected chi connectivity index (χ1v) is 9.51. The number of hydrogen-bond donors (Lipinski definition) is 2. The minimum absolute atomic E-state index is 0.105. The molecular formula is C21H17F3N4OS. The molecule has 154 valence electrons. The number of thiophene rings is 1. The highest BCUT2D eigenvalue weighted by Gasteiger charge is 2.18. The van der Waals surface area contributed by atoms with Crippen LogP contribution in [0, 0.1) is 0 Å². The van der Waals surface area contributed by atoms with E-state index in [-0.39, 0.29) is 5.56 Å². The first-order chi connectivity index (χ1) is 14.5. The van der Waals surface area contributed by atoms with Crippen molar-refractivity contribution >= 4 is 38.8 Å². The van der Waals surface area contributed by atoms with Gasteiger partial charge in [-0.05, 0) is 36.4 Å². The second-order valence-corrected chi connectivity index (χ2v) is 7.01. The van der Waals surface area contributed by atoms with Crippen LogP contribution < -0.4 is 11.1 Å². The van der Waals surface area contributed by atoms with E-state index in [4.69, 9.17) is 5.73 Å². The van der Waals surface area contributed by atoms with Gasteiger partial charge in [0.25, 0.3) is 12.3 Å². The predicted molar refractivity (Wildman–Crippen MR) is 114 cm³/mol. The van der Waals surface area contributed by atoms with E-state index in [0.717, 1.165) is 11.3 Å². The summed E-state index contributed by atoms with van der Waals surface area (Å²) in [5, 5.41) is 3.37. The van der Waals surface area contributed by atoms with Crippen LogP contribution in [0.2, 0.25) is 0 Å². The van der Waals surface area contributed by atoms with Gasteiger partial charge in [-0.3, -0.25) is 14.2 Å². The number of rotatable bonds is 4. The molecule has 1 aromatic carbocycles. The molecule has 0 aliphatic carbocycles. The zero-order valence-corrected chi connectivity index (χ0v) is 16.6. The summed E-state index contributed by atoms with van der Waals surface area (Å²) in [5.41, 5.74) is 8.39. The van der Waals surface area contributed by atoms with Gasteiger partial charge >= 0.3 is 0 Å². The molecule has 4 rings (SSSR count). The Labute approximate surface area is 174 Å². The lowest BCUT2D eigenvalue weighted by atomic mass is 10.1. The number of benzene rings is 1. The van der Waals surface area contributed by atoms with Crippen molar-refractivity contribution in [2.24, 2.45) is 0 Å². The van der Waals surface area contributed by atoms with E-state index < -0.39 is 12.3 Å². The van der Waals surface area contributed by atoms with Crippen molar-refractivity contribution in [3.05, 3.63) is 71.4 Å². The van der Waals surface area contributed by atoms with E-state index in [9.17, 15) is 18.0 Å². The van der Waals surface area contributed by atoms with Gasteiger partial charge in [0.15, 0.2) is 0 Å². The largest absolute Gasteiger partial charge is 0.397 e. The quantitative estimate of drug-likeness (QED) is 0.434. The monoisotopic (exact) mass is 430 g/mol. The number of nitrogens with zero attached hydrogens (tertiary/aromatic N) is 2. The Balaban J connectivity index is 0.00000124. The van der Waals surface area contributed by atoms with Crippen LogP contribution in [0.5, 0.6) is 0 Å². The summed E-state index contributed by atoms with van der Waals surface area (Å²) in [7, 11) is 0.500. The Morgan fingerprint density at radius 3 is 2.47 bits per heavy atom. The summed E-state index contributed by atoms with van der Waals surface area (Å²) in [4.78, 5) is 22.2. The number of amides is 1. The molecule has 0 fully saturated rings. The summed E-state index contributed by atoms with van der Waals surface area (Å²) >= 11 is 1.18. The number of anilines is 2. The van der Waals surface area contributed by atoms with Crippen LogP contribution in [0.3, 0.4) is 0 Å². The number of fused-ring (bicyclic) bond motifs is 1. The molecule has 30 heavy (non-hydrogen) atoms. The molecular weight excluding hydrogens is 413 g/mol. The molecule has 0 saturated heterocycles. The number of nitrogen functional groups attached to an aromatic ring is 1. The summed E-state index contributed by atoms with van der Waals surface area (Å²) in [6, 6.07) is 12.8. The smallest absolute Gasteiger partial charge is 0.267 e. The maximum Gasteiger partial charge on any atom is 0.267 e. The molecule has 0 saturated carbocycles. The highest BCUT2D eigenvalue weighted by molar-refractivity contribution is 7.21. The van der Waals surface area contributed by atoms with Crippen LogP contribution in [0.1, 0.15) is 21.7 Å². The Bertz CT molecular complexity index is 1150. The molecule has 0 aliphatic rings. The van der Waals surface area contributed by atoms with E-state index in [1.807, 2.05) is 24.3 Å². The minimum Gasteiger partial charge on any atom is -0.397 e. The second kappa shape index (κ2) is 9.36. The Kier molecular flexibility index (Phi) is 6.63. The molecule has 5 nitrogen and oxygen atoms in total. The third-order valence-electron chi connectivity index (χ3n) is 4.18. The molecule has 3 N–H and O–H groups in total. The zero-order valence-electron chi connectivity index (χ0n) is 15.8. The van der Waals surface area contributed by atoms with Crippen molar-refractivity contribution in [2.45, 2.75) is 6.43 Å². The maximum absolute atomic E-state index is 12.6. The molecule has 0 atom stereocenters. The molecule has 0 unspecified atom stereocenters. The van der Waals surface area contributed by atoms with E-state index in [1.165, 1.54) is 35.6 Å². The fourth-order valence-corrected chi connectivity index (χ4v) is 3.73. The van der Waals surface area contributed by atoms with Gasteiger partial charge < -0.3 is 11.1 Å². The van der Waals surface area contributed by atoms with Crippen LogP contribution >= 0.6 is 11.3 Å². The predicted octanol–water partition coefficient (Wildman–Crippen LogP) is 5.72. The molecule has 0 bridgehead atoms. The lowest BCUT2D eigenvalue weighted by Gasteiger charge is -2.05. The van der Waals surface area contributed by atoms with E-state index in [0.29, 0.717) is 33.6 Å². The second-order valence-electron chi connectivity index (χ2n) is 6.01. The Morgan fingerprint density at radius 2 is 1.83 bits per heavy atom. The molecule has 4 aromatic rings. The molecule has 1 amide bonds. The number of pyridine rings is 2. The normalized spacial score (nSPS) is 10.6. The summed E-state index contributed by atoms with van der Waals surface area (Å²) < 4.78 is 34.8. The summed E-state index contributed by atoms with van der Waals surface area (Å²) in [6.07, 6.45) is 0.839. The van der Waals surface area contributed by atoms with Gasteiger partial charge in [0, 0.05) is 34.6 Å². The van der Waals surface area contributed by atoms with Crippen molar-refractivity contribution in [1.29, 1.82) is 0 Å². The molecule has 9 heteroatoms. The Morgan fingerprint density at radius 1 is 1.10 bits per heavy atom. The number of aromatic nitrogens is 2. The topological polar surface area (TPSA) is 80.9 Å². The van der Waals surface area contributed by atoms with E-state index in [2.05, 4.69) is 15.3 Å². The number of nitrogens with two attached hydrogens (primary N) is 1. The first kappa shape index (κ1) is 21.3. The van der Waals surface area contributed by atoms with Crippen molar-refractivity contribution in [1.82, 2.24) is 9.97 Å². The van der Waals surface area contributed by atoms with Crippen LogP contribution in [-0.4, -0.2) is 23.1 Å². The minimum atomic E-state index is -2.55. The molecule has 0 aliphatic heterocycles. The molecule has 3 heterocycles. The van der Waals surface area contributed by atoms with Crippen molar-refractivity contribution in [3.8, 4) is 11.3 Å². The summed E-state index contributed by atoms with van der Waals surface area (Å²) in [5.74, 6) is -0.409. The van der Waals surface area contributed by atoms with Crippen molar-refractivity contribution < 1.29 is 18.0 Å². The number of alkyl halides is 3. The average molecular weight is 430 g/mol. The van der Waals surface area contributed by atoms with Gasteiger partial charge in [0.1, 0.15) is 9.71 Å². The van der Waals surface area contributed by atoms with Gasteiger partial charge in [-0.25, -0.2) is 13.8 Å². The van der Waals surface area contributed by atoms with Crippen LogP contribution in [-0.2, 0) is 0 Å². The van der Waals surface area contributed by atoms with Gasteiger partial charge in [-0.1, -0.05) is 12.1 Å².